The minimum atomic E-state index is -3.69. The van der Waals surface area contributed by atoms with Crippen LogP contribution in [0.3, 0.4) is 0 Å². The number of ether oxygens (including phenoxy) is 1. The first-order valence-electron chi connectivity index (χ1n) is 10.6. The summed E-state index contributed by atoms with van der Waals surface area (Å²) in [6.45, 7) is 1.02. The summed E-state index contributed by atoms with van der Waals surface area (Å²) in [7, 11) is -5.49. The number of sulfonamides is 1. The van der Waals surface area contributed by atoms with Gasteiger partial charge in [0.1, 0.15) is 5.75 Å². The topological polar surface area (TPSA) is 113 Å². The van der Waals surface area contributed by atoms with Crippen molar-refractivity contribution in [2.75, 3.05) is 37.9 Å². The molecule has 1 atom stereocenters. The van der Waals surface area contributed by atoms with Gasteiger partial charge in [0.05, 0.1) is 16.9 Å². The van der Waals surface area contributed by atoms with Gasteiger partial charge in [0.25, 0.3) is 0 Å². The van der Waals surface area contributed by atoms with Gasteiger partial charge in [-0.3, -0.25) is 4.90 Å². The van der Waals surface area contributed by atoms with Crippen LogP contribution in [0.2, 0.25) is 0 Å². The SMILES string of the molecule is COc1ccc(S(=O)(=O)N2CCCC(NC(=O)N3CCc4cc(S(C)(=O)=O)ccc43)C2)cc1. The summed E-state index contributed by atoms with van der Waals surface area (Å²) in [5.74, 6) is 0.576. The summed E-state index contributed by atoms with van der Waals surface area (Å²) in [6, 6.07) is 10.4. The van der Waals surface area contributed by atoms with Gasteiger partial charge in [-0.15, -0.1) is 0 Å². The zero-order valence-electron chi connectivity index (χ0n) is 18.5. The van der Waals surface area contributed by atoms with E-state index in [9.17, 15) is 21.6 Å². The fourth-order valence-corrected chi connectivity index (χ4v) is 6.44. The molecule has 178 valence electrons. The van der Waals surface area contributed by atoms with Gasteiger partial charge in [-0.2, -0.15) is 4.31 Å². The van der Waals surface area contributed by atoms with E-state index in [1.165, 1.54) is 29.6 Å². The van der Waals surface area contributed by atoms with Crippen LogP contribution in [0.25, 0.3) is 0 Å². The van der Waals surface area contributed by atoms with E-state index < -0.39 is 19.9 Å². The van der Waals surface area contributed by atoms with E-state index in [1.54, 1.807) is 29.2 Å². The number of amides is 2. The van der Waals surface area contributed by atoms with Crippen molar-refractivity contribution < 1.29 is 26.4 Å². The average molecular weight is 494 g/mol. The number of carbonyl (C=O) groups is 1. The van der Waals surface area contributed by atoms with E-state index in [0.717, 1.165) is 11.8 Å². The minimum absolute atomic E-state index is 0.186. The minimum Gasteiger partial charge on any atom is -0.497 e. The summed E-state index contributed by atoms with van der Waals surface area (Å²) in [5.41, 5.74) is 1.49. The molecule has 1 unspecified atom stereocenters. The number of hydrogen-bond acceptors (Lipinski definition) is 6. The molecule has 0 spiro atoms. The number of sulfone groups is 1. The maximum atomic E-state index is 13.1. The monoisotopic (exact) mass is 493 g/mol. The first kappa shape index (κ1) is 23.5. The molecule has 2 aliphatic heterocycles. The summed E-state index contributed by atoms with van der Waals surface area (Å²) in [4.78, 5) is 15.0. The van der Waals surface area contributed by atoms with Gasteiger partial charge in [-0.05, 0) is 67.3 Å². The van der Waals surface area contributed by atoms with Crippen LogP contribution in [0.15, 0.2) is 52.3 Å². The van der Waals surface area contributed by atoms with E-state index in [4.69, 9.17) is 4.74 Å². The summed E-state index contributed by atoms with van der Waals surface area (Å²) >= 11 is 0. The second kappa shape index (κ2) is 8.96. The van der Waals surface area contributed by atoms with Crippen LogP contribution in [0.1, 0.15) is 18.4 Å². The highest BCUT2D eigenvalue weighted by molar-refractivity contribution is 7.90. The van der Waals surface area contributed by atoms with E-state index in [-0.39, 0.29) is 28.4 Å². The third-order valence-corrected chi connectivity index (χ3v) is 9.02. The first-order chi connectivity index (χ1) is 15.6. The zero-order valence-corrected chi connectivity index (χ0v) is 20.2. The molecular weight excluding hydrogens is 466 g/mol. The van der Waals surface area contributed by atoms with Crippen molar-refractivity contribution in [1.82, 2.24) is 9.62 Å². The standard InChI is InChI=1S/C22H27N3O6S2/c1-31-18-5-7-19(8-6-18)33(29,30)24-12-3-4-17(15-24)23-22(26)25-13-11-16-14-20(32(2,27)28)9-10-21(16)25/h5-10,14,17H,3-4,11-13,15H2,1-2H3,(H,23,26). The van der Waals surface area contributed by atoms with E-state index in [2.05, 4.69) is 5.32 Å². The molecule has 2 heterocycles. The van der Waals surface area contributed by atoms with Crippen molar-refractivity contribution in [1.29, 1.82) is 0 Å². The molecule has 2 aliphatic rings. The lowest BCUT2D eigenvalue weighted by atomic mass is 10.1. The van der Waals surface area contributed by atoms with Gasteiger partial charge in [-0.1, -0.05) is 0 Å². The van der Waals surface area contributed by atoms with E-state index in [0.29, 0.717) is 43.8 Å². The Labute approximate surface area is 194 Å². The highest BCUT2D eigenvalue weighted by atomic mass is 32.2. The Balaban J connectivity index is 1.44. The molecule has 1 saturated heterocycles. The summed E-state index contributed by atoms with van der Waals surface area (Å²) in [6.07, 6.45) is 3.03. The molecule has 0 saturated carbocycles. The van der Waals surface area contributed by atoms with Crippen molar-refractivity contribution in [3.8, 4) is 5.75 Å². The number of nitrogens with zero attached hydrogens (tertiary/aromatic N) is 2. The molecule has 2 amide bonds. The maximum absolute atomic E-state index is 13.1. The first-order valence-corrected chi connectivity index (χ1v) is 14.0. The lowest BCUT2D eigenvalue weighted by molar-refractivity contribution is 0.231. The molecule has 11 heteroatoms. The Hall–Kier alpha value is -2.63. The third kappa shape index (κ3) is 4.85. The van der Waals surface area contributed by atoms with Gasteiger partial charge < -0.3 is 10.1 Å². The molecule has 0 bridgehead atoms. The fraction of sp³-hybridized carbons (Fsp3) is 0.409. The molecule has 1 fully saturated rings. The van der Waals surface area contributed by atoms with Crippen molar-refractivity contribution in [2.24, 2.45) is 0 Å². The number of nitrogens with one attached hydrogen (secondary N) is 1. The smallest absolute Gasteiger partial charge is 0.322 e. The van der Waals surface area contributed by atoms with Crippen LogP contribution in [0.4, 0.5) is 10.5 Å². The van der Waals surface area contributed by atoms with Crippen LogP contribution in [-0.2, 0) is 26.3 Å². The molecule has 0 radical (unpaired) electrons. The molecule has 2 aromatic rings. The van der Waals surface area contributed by atoms with Crippen LogP contribution >= 0.6 is 0 Å². The van der Waals surface area contributed by atoms with Crippen LogP contribution in [0.5, 0.6) is 5.75 Å². The number of urea groups is 1. The zero-order chi connectivity index (χ0) is 23.8. The Morgan fingerprint density at radius 1 is 1.03 bits per heavy atom. The Bertz CT molecular complexity index is 1260. The molecule has 2 aromatic carbocycles. The predicted octanol–water partition coefficient (Wildman–Crippen LogP) is 2.02. The number of anilines is 1. The number of fused-ring (bicyclic) bond motifs is 1. The highest BCUT2D eigenvalue weighted by Gasteiger charge is 2.33. The molecule has 0 aliphatic carbocycles. The summed E-state index contributed by atoms with van der Waals surface area (Å²) < 4.78 is 56.2. The molecule has 1 N–H and O–H groups in total. The number of carbonyl (C=O) groups excluding carboxylic acids is 1. The van der Waals surface area contributed by atoms with Crippen molar-refractivity contribution in [3.63, 3.8) is 0 Å². The molecule has 0 aromatic heterocycles. The predicted molar refractivity (Wildman–Crippen MR) is 124 cm³/mol. The third-order valence-electron chi connectivity index (χ3n) is 6.03. The van der Waals surface area contributed by atoms with Gasteiger partial charge >= 0.3 is 6.03 Å². The van der Waals surface area contributed by atoms with Crippen LogP contribution in [0, 0.1) is 0 Å². The number of hydrogen-bond donors (Lipinski definition) is 1. The number of benzene rings is 2. The number of piperidine rings is 1. The average Bonchev–Trinajstić information content (AvgIpc) is 3.22. The van der Waals surface area contributed by atoms with Gasteiger partial charge in [0.15, 0.2) is 9.84 Å². The van der Waals surface area contributed by atoms with Crippen LogP contribution in [-0.4, -0.2) is 66.2 Å². The number of rotatable bonds is 5. The van der Waals surface area contributed by atoms with Crippen molar-refractivity contribution >= 4 is 31.6 Å². The quantitative estimate of drug-likeness (QED) is 0.682. The molecule has 4 rings (SSSR count). The number of methoxy groups -OCH3 is 1. The van der Waals surface area contributed by atoms with Gasteiger partial charge in [0, 0.05) is 37.6 Å². The molecule has 33 heavy (non-hydrogen) atoms. The Morgan fingerprint density at radius 3 is 2.39 bits per heavy atom. The largest absolute Gasteiger partial charge is 0.497 e. The Kier molecular flexibility index (Phi) is 6.39. The maximum Gasteiger partial charge on any atom is 0.322 e. The lowest BCUT2D eigenvalue weighted by Gasteiger charge is -2.33. The second-order valence-corrected chi connectivity index (χ2v) is 12.2. The second-order valence-electron chi connectivity index (χ2n) is 8.29. The summed E-state index contributed by atoms with van der Waals surface area (Å²) in [5, 5.41) is 2.96. The van der Waals surface area contributed by atoms with E-state index in [1.807, 2.05) is 0 Å². The van der Waals surface area contributed by atoms with E-state index >= 15 is 0 Å². The van der Waals surface area contributed by atoms with Crippen molar-refractivity contribution in [3.05, 3.63) is 48.0 Å². The normalized spacial score (nSPS) is 19.2. The fourth-order valence-electron chi connectivity index (χ4n) is 4.25. The van der Waals surface area contributed by atoms with Crippen molar-refractivity contribution in [2.45, 2.75) is 35.1 Å². The van der Waals surface area contributed by atoms with Crippen LogP contribution < -0.4 is 15.0 Å². The Morgan fingerprint density at radius 2 is 1.73 bits per heavy atom. The van der Waals surface area contributed by atoms with Gasteiger partial charge in [0.2, 0.25) is 10.0 Å². The molecular formula is C22H27N3O6S2. The lowest BCUT2D eigenvalue weighted by Crippen LogP contribution is -2.52. The van der Waals surface area contributed by atoms with Gasteiger partial charge in [-0.25, -0.2) is 21.6 Å². The molecule has 9 nitrogen and oxygen atoms in total. The highest BCUT2D eigenvalue weighted by Crippen LogP contribution is 2.30.